The van der Waals surface area contributed by atoms with Crippen molar-refractivity contribution in [2.75, 3.05) is 6.54 Å². The van der Waals surface area contributed by atoms with Crippen molar-refractivity contribution in [2.45, 2.75) is 31.5 Å². The van der Waals surface area contributed by atoms with Crippen molar-refractivity contribution in [3.8, 4) is 5.75 Å². The lowest BCUT2D eigenvalue weighted by molar-refractivity contribution is -0.120. The number of benzene rings is 1. The van der Waals surface area contributed by atoms with Gasteiger partial charge in [0.15, 0.2) is 0 Å². The first-order valence-electron chi connectivity index (χ1n) is 8.39. The molecule has 25 heavy (non-hydrogen) atoms. The van der Waals surface area contributed by atoms with Crippen molar-refractivity contribution in [1.82, 2.24) is 10.3 Å². The van der Waals surface area contributed by atoms with Crippen LogP contribution in [0.15, 0.2) is 48.7 Å². The predicted molar refractivity (Wildman–Crippen MR) is 90.5 cm³/mol. The number of aliphatic hydroxyl groups is 1. The van der Waals surface area contributed by atoms with E-state index in [1.54, 1.807) is 30.5 Å². The molecule has 0 spiro atoms. The Balaban J connectivity index is 1.46. The van der Waals surface area contributed by atoms with Crippen LogP contribution in [0.5, 0.6) is 5.75 Å². The van der Waals surface area contributed by atoms with E-state index >= 15 is 0 Å². The molecule has 0 bridgehead atoms. The number of pyridine rings is 1. The lowest BCUT2D eigenvalue weighted by atomic mass is 10.1. The minimum atomic E-state index is -0.666. The van der Waals surface area contributed by atoms with E-state index in [2.05, 4.69) is 10.3 Å². The molecule has 1 amide bonds. The van der Waals surface area contributed by atoms with E-state index in [4.69, 9.17) is 4.74 Å². The molecule has 1 aromatic heterocycles. The molecule has 1 saturated carbocycles. The summed E-state index contributed by atoms with van der Waals surface area (Å²) in [6.45, 7) is 0.399. The first-order valence-corrected chi connectivity index (χ1v) is 8.39. The van der Waals surface area contributed by atoms with Gasteiger partial charge in [0.2, 0.25) is 5.91 Å². The fourth-order valence-corrected chi connectivity index (χ4v) is 3.04. The normalized spacial score (nSPS) is 22.6. The van der Waals surface area contributed by atoms with Crippen molar-refractivity contribution in [3.05, 3.63) is 60.2 Å². The highest BCUT2D eigenvalue weighted by Gasteiger charge is 2.36. The van der Waals surface area contributed by atoms with Crippen molar-refractivity contribution >= 4 is 5.91 Å². The molecular formula is C19H21FN2O3. The number of nitrogens with one attached hydrogen (secondary N) is 1. The number of nitrogens with zero attached hydrogens (tertiary/aromatic N) is 1. The van der Waals surface area contributed by atoms with E-state index in [0.717, 1.165) is 6.42 Å². The van der Waals surface area contributed by atoms with Gasteiger partial charge in [-0.3, -0.25) is 9.78 Å². The Morgan fingerprint density at radius 2 is 2.04 bits per heavy atom. The van der Waals surface area contributed by atoms with Gasteiger partial charge in [-0.1, -0.05) is 6.07 Å². The Morgan fingerprint density at radius 1 is 1.24 bits per heavy atom. The number of carbonyl (C=O) groups is 1. The third-order valence-corrected chi connectivity index (χ3v) is 4.42. The fourth-order valence-electron chi connectivity index (χ4n) is 3.04. The summed E-state index contributed by atoms with van der Waals surface area (Å²) in [6, 6.07) is 11.2. The molecule has 1 aromatic carbocycles. The van der Waals surface area contributed by atoms with Gasteiger partial charge in [0.05, 0.1) is 12.5 Å². The maximum atomic E-state index is 12.9. The van der Waals surface area contributed by atoms with Gasteiger partial charge in [0.25, 0.3) is 0 Å². The molecular weight excluding hydrogens is 323 g/mol. The SMILES string of the molecule is O=C(Cc1ccccn1)NC[C@H]1CC[C@@H](Oc2ccc(F)cc2)[C@@H]1O. The number of hydrogen-bond acceptors (Lipinski definition) is 4. The Morgan fingerprint density at radius 3 is 2.76 bits per heavy atom. The third kappa shape index (κ3) is 4.76. The first-order chi connectivity index (χ1) is 12.1. The molecule has 0 radical (unpaired) electrons. The summed E-state index contributed by atoms with van der Waals surface area (Å²) in [7, 11) is 0. The van der Waals surface area contributed by atoms with Crippen molar-refractivity contribution in [2.24, 2.45) is 5.92 Å². The van der Waals surface area contributed by atoms with Crippen LogP contribution in [0.2, 0.25) is 0 Å². The van der Waals surface area contributed by atoms with Gasteiger partial charge in [-0.2, -0.15) is 0 Å². The van der Waals surface area contributed by atoms with E-state index in [1.165, 1.54) is 12.1 Å². The zero-order valence-electron chi connectivity index (χ0n) is 13.8. The lowest BCUT2D eigenvalue weighted by Crippen LogP contribution is -2.37. The zero-order valence-corrected chi connectivity index (χ0v) is 13.8. The molecule has 0 unspecified atom stereocenters. The Bertz CT molecular complexity index is 694. The third-order valence-electron chi connectivity index (χ3n) is 4.42. The first kappa shape index (κ1) is 17.4. The number of aromatic nitrogens is 1. The second kappa shape index (κ2) is 8.07. The van der Waals surface area contributed by atoms with Crippen LogP contribution in [0.1, 0.15) is 18.5 Å². The van der Waals surface area contributed by atoms with Gasteiger partial charge in [0.1, 0.15) is 17.7 Å². The molecule has 2 aromatic rings. The van der Waals surface area contributed by atoms with Crippen molar-refractivity contribution < 1.29 is 19.0 Å². The molecule has 5 nitrogen and oxygen atoms in total. The standard InChI is InChI=1S/C19H21FN2O3/c20-14-5-7-16(8-6-14)25-17-9-4-13(19(17)24)12-22-18(23)11-15-3-1-2-10-21-15/h1-3,5-8,10,13,17,19,24H,4,9,11-12H2,(H,22,23)/t13-,17-,19-/m1/s1. The molecule has 6 heteroatoms. The summed E-state index contributed by atoms with van der Waals surface area (Å²) in [5, 5.41) is 13.3. The van der Waals surface area contributed by atoms with Crippen LogP contribution in [-0.2, 0) is 11.2 Å². The molecule has 3 atom stereocenters. The monoisotopic (exact) mass is 344 g/mol. The molecule has 0 saturated heterocycles. The number of aliphatic hydroxyl groups excluding tert-OH is 1. The summed E-state index contributed by atoms with van der Waals surface area (Å²) in [5.74, 6) is 0.0324. The number of hydrogen-bond donors (Lipinski definition) is 2. The van der Waals surface area contributed by atoms with Gasteiger partial charge in [-0.05, 0) is 49.2 Å². The zero-order chi connectivity index (χ0) is 17.6. The van der Waals surface area contributed by atoms with E-state index in [-0.39, 0.29) is 30.2 Å². The van der Waals surface area contributed by atoms with Crippen LogP contribution in [0, 0.1) is 11.7 Å². The summed E-state index contributed by atoms with van der Waals surface area (Å²) in [6.07, 6.45) is 2.32. The maximum Gasteiger partial charge on any atom is 0.226 e. The van der Waals surface area contributed by atoms with Gasteiger partial charge in [-0.15, -0.1) is 0 Å². The van der Waals surface area contributed by atoms with Crippen molar-refractivity contribution in [3.63, 3.8) is 0 Å². The second-order valence-electron chi connectivity index (χ2n) is 6.24. The topological polar surface area (TPSA) is 71.5 Å². The molecule has 1 fully saturated rings. The Kier molecular flexibility index (Phi) is 5.60. The summed E-state index contributed by atoms with van der Waals surface area (Å²) in [5.41, 5.74) is 0.712. The highest BCUT2D eigenvalue weighted by atomic mass is 19.1. The maximum absolute atomic E-state index is 12.9. The molecule has 1 aliphatic carbocycles. The molecule has 1 heterocycles. The summed E-state index contributed by atoms with van der Waals surface area (Å²) in [4.78, 5) is 16.1. The van der Waals surface area contributed by atoms with Gasteiger partial charge < -0.3 is 15.2 Å². The van der Waals surface area contributed by atoms with Gasteiger partial charge in [-0.25, -0.2) is 4.39 Å². The number of carbonyl (C=O) groups excluding carboxylic acids is 1. The van der Waals surface area contributed by atoms with Crippen LogP contribution in [0.4, 0.5) is 4.39 Å². The predicted octanol–water partition coefficient (Wildman–Crippen LogP) is 2.10. The van der Waals surface area contributed by atoms with E-state index < -0.39 is 6.10 Å². The van der Waals surface area contributed by atoms with Crippen LogP contribution in [-0.4, -0.2) is 34.8 Å². The smallest absolute Gasteiger partial charge is 0.226 e. The van der Waals surface area contributed by atoms with Crippen LogP contribution in [0.25, 0.3) is 0 Å². The number of ether oxygens (including phenoxy) is 1. The van der Waals surface area contributed by atoms with Crippen LogP contribution >= 0.6 is 0 Å². The number of amides is 1. The fraction of sp³-hybridized carbons (Fsp3) is 0.368. The van der Waals surface area contributed by atoms with Gasteiger partial charge >= 0.3 is 0 Å². The summed E-state index contributed by atoms with van der Waals surface area (Å²) < 4.78 is 18.7. The molecule has 1 aliphatic rings. The highest BCUT2D eigenvalue weighted by molar-refractivity contribution is 5.78. The Labute approximate surface area is 145 Å². The van der Waals surface area contributed by atoms with E-state index in [0.29, 0.717) is 24.4 Å². The van der Waals surface area contributed by atoms with Crippen LogP contribution < -0.4 is 10.1 Å². The second-order valence-corrected chi connectivity index (χ2v) is 6.24. The molecule has 0 aliphatic heterocycles. The average molecular weight is 344 g/mol. The van der Waals surface area contributed by atoms with Gasteiger partial charge in [0, 0.05) is 24.4 Å². The van der Waals surface area contributed by atoms with E-state index in [9.17, 15) is 14.3 Å². The lowest BCUT2D eigenvalue weighted by Gasteiger charge is -2.21. The van der Waals surface area contributed by atoms with Crippen molar-refractivity contribution in [1.29, 1.82) is 0 Å². The molecule has 132 valence electrons. The van der Waals surface area contributed by atoms with E-state index in [1.807, 2.05) is 6.07 Å². The summed E-state index contributed by atoms with van der Waals surface area (Å²) >= 11 is 0. The highest BCUT2D eigenvalue weighted by Crippen LogP contribution is 2.29. The largest absolute Gasteiger partial charge is 0.488 e. The molecule has 2 N–H and O–H groups in total. The average Bonchev–Trinajstić information content (AvgIpc) is 2.96. The van der Waals surface area contributed by atoms with Crippen LogP contribution in [0.3, 0.4) is 0 Å². The molecule has 3 rings (SSSR count). The number of rotatable bonds is 6. The minimum absolute atomic E-state index is 0.0573. The number of halogens is 1. The minimum Gasteiger partial charge on any atom is -0.488 e. The quantitative estimate of drug-likeness (QED) is 0.842. The Hall–Kier alpha value is -2.47.